The number of carbonyl (C=O) groups excluding carboxylic acids is 2. The second-order valence-electron chi connectivity index (χ2n) is 3.79. The Morgan fingerprint density at radius 2 is 1.92 bits per heavy atom. The molecule has 1 aliphatic carbocycles. The summed E-state index contributed by atoms with van der Waals surface area (Å²) < 4.78 is 4.73. The molecule has 13 heavy (non-hydrogen) atoms. The molecule has 0 spiro atoms. The van der Waals surface area contributed by atoms with Crippen LogP contribution in [0.3, 0.4) is 0 Å². The Morgan fingerprint density at radius 3 is 2.38 bits per heavy atom. The summed E-state index contributed by atoms with van der Waals surface area (Å²) in [6, 6.07) is 0. The quantitative estimate of drug-likeness (QED) is 0.611. The van der Waals surface area contributed by atoms with Gasteiger partial charge in [0, 0.05) is 11.8 Å². The van der Waals surface area contributed by atoms with Crippen molar-refractivity contribution in [3.63, 3.8) is 0 Å². The minimum Gasteiger partial charge on any atom is -0.466 e. The van der Waals surface area contributed by atoms with Crippen molar-refractivity contribution in [1.82, 2.24) is 0 Å². The molecule has 0 unspecified atom stereocenters. The van der Waals surface area contributed by atoms with E-state index in [4.69, 9.17) is 4.74 Å². The normalized spacial score (nSPS) is 18.0. The number of carbonyl (C=O) groups is 2. The molecule has 0 amide bonds. The molecule has 3 nitrogen and oxygen atoms in total. The fraction of sp³-hybridized carbons (Fsp3) is 0.800. The third-order valence-corrected chi connectivity index (χ3v) is 2.53. The van der Waals surface area contributed by atoms with Crippen molar-refractivity contribution >= 4 is 11.8 Å². The molecule has 0 aliphatic heterocycles. The fourth-order valence-electron chi connectivity index (χ4n) is 1.22. The first-order chi connectivity index (χ1) is 6.08. The summed E-state index contributed by atoms with van der Waals surface area (Å²) in [6.07, 6.45) is 2.54. The molecule has 0 aromatic carbocycles. The largest absolute Gasteiger partial charge is 0.466 e. The Morgan fingerprint density at radius 1 is 1.31 bits per heavy atom. The Labute approximate surface area is 78.5 Å². The third kappa shape index (κ3) is 2.83. The Hall–Kier alpha value is -0.860. The Kier molecular flexibility index (Phi) is 3.07. The van der Waals surface area contributed by atoms with Crippen LogP contribution in [0.15, 0.2) is 0 Å². The number of esters is 1. The highest BCUT2D eigenvalue weighted by Gasteiger charge is 2.43. The zero-order valence-electron chi connectivity index (χ0n) is 8.26. The summed E-state index contributed by atoms with van der Waals surface area (Å²) in [5.41, 5.74) is -0.105. The summed E-state index contributed by atoms with van der Waals surface area (Å²) in [7, 11) is 0. The van der Waals surface area contributed by atoms with Crippen LogP contribution in [0.1, 0.15) is 39.5 Å². The molecule has 0 aromatic rings. The Bertz CT molecular complexity index is 216. The summed E-state index contributed by atoms with van der Waals surface area (Å²) in [5, 5.41) is 0. The van der Waals surface area contributed by atoms with Gasteiger partial charge in [-0.15, -0.1) is 0 Å². The molecule has 1 saturated carbocycles. The third-order valence-electron chi connectivity index (χ3n) is 2.53. The van der Waals surface area contributed by atoms with E-state index in [1.54, 1.807) is 6.92 Å². The maximum absolute atomic E-state index is 11.4. The van der Waals surface area contributed by atoms with Crippen molar-refractivity contribution in [2.45, 2.75) is 39.5 Å². The molecule has 0 aromatic heterocycles. The van der Waals surface area contributed by atoms with E-state index in [9.17, 15) is 9.59 Å². The van der Waals surface area contributed by atoms with E-state index in [1.807, 2.05) is 6.92 Å². The second kappa shape index (κ2) is 3.90. The van der Waals surface area contributed by atoms with Gasteiger partial charge in [-0.25, -0.2) is 0 Å². The van der Waals surface area contributed by atoms with Crippen LogP contribution in [0.25, 0.3) is 0 Å². The van der Waals surface area contributed by atoms with Crippen LogP contribution < -0.4 is 0 Å². The van der Waals surface area contributed by atoms with Crippen molar-refractivity contribution in [2.24, 2.45) is 5.41 Å². The van der Waals surface area contributed by atoms with Crippen LogP contribution in [0.5, 0.6) is 0 Å². The Balaban J connectivity index is 2.19. The highest BCUT2D eigenvalue weighted by Crippen LogP contribution is 2.46. The summed E-state index contributed by atoms with van der Waals surface area (Å²) in [5.74, 6) is -0.0550. The van der Waals surface area contributed by atoms with Gasteiger partial charge in [-0.3, -0.25) is 9.59 Å². The molecule has 0 heterocycles. The minimum atomic E-state index is -0.264. The molecule has 0 saturated heterocycles. The highest BCUT2D eigenvalue weighted by molar-refractivity contribution is 5.89. The van der Waals surface area contributed by atoms with Crippen LogP contribution in [0, 0.1) is 5.41 Å². The molecular weight excluding hydrogens is 168 g/mol. The standard InChI is InChI=1S/C10H16O3/c1-3-13-9(12)5-4-8(11)10(2)6-7-10/h3-7H2,1-2H3. The predicted molar refractivity (Wildman–Crippen MR) is 48.2 cm³/mol. The molecule has 3 heteroatoms. The van der Waals surface area contributed by atoms with Gasteiger partial charge in [-0.05, 0) is 19.8 Å². The first-order valence-corrected chi connectivity index (χ1v) is 4.77. The average molecular weight is 184 g/mol. The van der Waals surface area contributed by atoms with Gasteiger partial charge >= 0.3 is 5.97 Å². The first kappa shape index (κ1) is 10.2. The van der Waals surface area contributed by atoms with Gasteiger partial charge < -0.3 is 4.74 Å². The van der Waals surface area contributed by atoms with Crippen LogP contribution in [-0.4, -0.2) is 18.4 Å². The van der Waals surface area contributed by atoms with Gasteiger partial charge in [0.25, 0.3) is 0 Å². The smallest absolute Gasteiger partial charge is 0.306 e. The van der Waals surface area contributed by atoms with E-state index < -0.39 is 0 Å². The summed E-state index contributed by atoms with van der Waals surface area (Å²) in [4.78, 5) is 22.3. The van der Waals surface area contributed by atoms with E-state index in [2.05, 4.69) is 0 Å². The van der Waals surface area contributed by atoms with Gasteiger partial charge in [0.2, 0.25) is 0 Å². The molecule has 0 bridgehead atoms. The summed E-state index contributed by atoms with van der Waals surface area (Å²) >= 11 is 0. The maximum Gasteiger partial charge on any atom is 0.306 e. The molecular formula is C10H16O3. The van der Waals surface area contributed by atoms with E-state index in [0.717, 1.165) is 12.8 Å². The molecule has 0 N–H and O–H groups in total. The van der Waals surface area contributed by atoms with Crippen LogP contribution >= 0.6 is 0 Å². The lowest BCUT2D eigenvalue weighted by atomic mass is 10.00. The van der Waals surface area contributed by atoms with Crippen LogP contribution in [0.4, 0.5) is 0 Å². The van der Waals surface area contributed by atoms with Crippen molar-refractivity contribution in [2.75, 3.05) is 6.61 Å². The zero-order chi connectivity index (χ0) is 9.90. The SMILES string of the molecule is CCOC(=O)CCC(=O)C1(C)CC1. The number of Topliss-reactive ketones (excluding diaryl/α,β-unsaturated/α-hetero) is 1. The molecule has 0 radical (unpaired) electrons. The zero-order valence-corrected chi connectivity index (χ0v) is 8.26. The van der Waals surface area contributed by atoms with Crippen molar-refractivity contribution in [3.8, 4) is 0 Å². The molecule has 0 atom stereocenters. The maximum atomic E-state index is 11.4. The number of ketones is 1. The second-order valence-corrected chi connectivity index (χ2v) is 3.79. The van der Waals surface area contributed by atoms with Crippen molar-refractivity contribution in [3.05, 3.63) is 0 Å². The van der Waals surface area contributed by atoms with Crippen molar-refractivity contribution in [1.29, 1.82) is 0 Å². The van der Waals surface area contributed by atoms with Crippen LogP contribution in [0.2, 0.25) is 0 Å². The summed E-state index contributed by atoms with van der Waals surface area (Å²) in [6.45, 7) is 4.12. The van der Waals surface area contributed by atoms with Gasteiger partial charge in [0.1, 0.15) is 5.78 Å². The van der Waals surface area contributed by atoms with Gasteiger partial charge in [0.05, 0.1) is 13.0 Å². The van der Waals surface area contributed by atoms with Gasteiger partial charge in [-0.2, -0.15) is 0 Å². The predicted octanol–water partition coefficient (Wildman–Crippen LogP) is 1.70. The highest BCUT2D eigenvalue weighted by atomic mass is 16.5. The fourth-order valence-corrected chi connectivity index (χ4v) is 1.22. The van der Waals surface area contributed by atoms with Gasteiger partial charge in [-0.1, -0.05) is 6.92 Å². The topological polar surface area (TPSA) is 43.4 Å². The molecule has 74 valence electrons. The van der Waals surface area contributed by atoms with Crippen LogP contribution in [-0.2, 0) is 14.3 Å². The van der Waals surface area contributed by atoms with Crippen molar-refractivity contribution < 1.29 is 14.3 Å². The first-order valence-electron chi connectivity index (χ1n) is 4.77. The lowest BCUT2D eigenvalue weighted by Gasteiger charge is -2.05. The monoisotopic (exact) mass is 184 g/mol. The van der Waals surface area contributed by atoms with E-state index in [-0.39, 0.29) is 23.6 Å². The van der Waals surface area contributed by atoms with E-state index in [1.165, 1.54) is 0 Å². The number of rotatable bonds is 5. The lowest BCUT2D eigenvalue weighted by Crippen LogP contribution is -2.14. The van der Waals surface area contributed by atoms with E-state index in [0.29, 0.717) is 13.0 Å². The average Bonchev–Trinajstić information content (AvgIpc) is 2.81. The number of hydrogen-bond acceptors (Lipinski definition) is 3. The molecule has 1 fully saturated rings. The number of ether oxygens (including phenoxy) is 1. The van der Waals surface area contributed by atoms with E-state index >= 15 is 0 Å². The lowest BCUT2D eigenvalue weighted by molar-refractivity contribution is -0.144. The molecule has 1 aliphatic rings. The number of hydrogen-bond donors (Lipinski definition) is 0. The van der Waals surface area contributed by atoms with Gasteiger partial charge in [0.15, 0.2) is 0 Å². The minimum absolute atomic E-state index is 0.105. The molecule has 1 rings (SSSR count).